The molecule has 0 aliphatic heterocycles. The number of hydrogen-bond acceptors (Lipinski definition) is 9. The normalized spacial score (nSPS) is 15.1. The number of amides is 5. The van der Waals surface area contributed by atoms with Crippen LogP contribution in [-0.4, -0.2) is 89.5 Å². The molecule has 1 rings (SSSR count). The Morgan fingerprint density at radius 3 is 1.90 bits per heavy atom. The van der Waals surface area contributed by atoms with Crippen molar-refractivity contribution in [2.24, 2.45) is 23.7 Å². The molecule has 1 aromatic rings. The number of aliphatic hydroxyl groups is 1. The second-order valence-corrected chi connectivity index (χ2v) is 16.5. The van der Waals surface area contributed by atoms with Crippen molar-refractivity contribution < 1.29 is 38.6 Å². The van der Waals surface area contributed by atoms with Gasteiger partial charge in [0.15, 0.2) is 0 Å². The van der Waals surface area contributed by atoms with Crippen molar-refractivity contribution >= 4 is 41.7 Å². The molecule has 13 nitrogen and oxygen atoms in total. The first kappa shape index (κ1) is 46.5. The van der Waals surface area contributed by atoms with Gasteiger partial charge in [-0.05, 0) is 75.4 Å². The topological polar surface area (TPSA) is 184 Å². The van der Waals surface area contributed by atoms with E-state index in [0.717, 1.165) is 5.56 Å². The van der Waals surface area contributed by atoms with Crippen LogP contribution in [0.4, 0.5) is 9.59 Å². The van der Waals surface area contributed by atoms with Crippen molar-refractivity contribution in [3.63, 3.8) is 0 Å². The average molecular weight is 752 g/mol. The monoisotopic (exact) mass is 751 g/mol. The summed E-state index contributed by atoms with van der Waals surface area (Å²) in [4.78, 5) is 64.9. The zero-order valence-corrected chi connectivity index (χ0v) is 33.9. The smallest absolute Gasteiger partial charge is 0.408 e. The summed E-state index contributed by atoms with van der Waals surface area (Å²) in [7, 11) is 0. The number of rotatable bonds is 21. The third-order valence-corrected chi connectivity index (χ3v) is 8.79. The molecule has 0 aliphatic carbocycles. The second-order valence-electron chi connectivity index (χ2n) is 15.5. The van der Waals surface area contributed by atoms with Gasteiger partial charge in [-0.1, -0.05) is 78.8 Å². The maximum Gasteiger partial charge on any atom is 0.408 e. The Morgan fingerprint density at radius 1 is 0.769 bits per heavy atom. The maximum absolute atomic E-state index is 13.3. The van der Waals surface area contributed by atoms with Crippen molar-refractivity contribution in [3.8, 4) is 0 Å². The molecule has 0 saturated carbocycles. The van der Waals surface area contributed by atoms with E-state index in [1.165, 1.54) is 0 Å². The van der Waals surface area contributed by atoms with E-state index >= 15 is 0 Å². The van der Waals surface area contributed by atoms with E-state index in [1.54, 1.807) is 53.3 Å². The minimum Gasteiger partial charge on any atom is -0.447 e. The summed E-state index contributed by atoms with van der Waals surface area (Å²) in [6.07, 6.45) is 0.321. The van der Waals surface area contributed by atoms with E-state index < -0.39 is 59.9 Å². The highest BCUT2D eigenvalue weighted by Crippen LogP contribution is 2.17. The van der Waals surface area contributed by atoms with Crippen molar-refractivity contribution in [1.82, 2.24) is 26.6 Å². The number of benzene rings is 1. The van der Waals surface area contributed by atoms with Crippen molar-refractivity contribution in [3.05, 3.63) is 35.9 Å². The van der Waals surface area contributed by atoms with Gasteiger partial charge >= 0.3 is 12.2 Å². The van der Waals surface area contributed by atoms with Gasteiger partial charge in [-0.2, -0.15) is 11.8 Å². The lowest BCUT2D eigenvalue weighted by atomic mass is 9.92. The van der Waals surface area contributed by atoms with Gasteiger partial charge in [0.1, 0.15) is 24.3 Å². The summed E-state index contributed by atoms with van der Waals surface area (Å²) in [6.45, 7) is 18.3. The van der Waals surface area contributed by atoms with Crippen LogP contribution >= 0.6 is 11.8 Å². The molecule has 0 heterocycles. The Morgan fingerprint density at radius 2 is 1.37 bits per heavy atom. The fraction of sp³-hybridized carbons (Fsp3) is 0.711. The first-order valence-corrected chi connectivity index (χ1v) is 19.7. The number of ether oxygens (including phenoxy) is 2. The number of aliphatic hydroxyl groups excluding tert-OH is 1. The third kappa shape index (κ3) is 18.8. The van der Waals surface area contributed by atoms with Gasteiger partial charge < -0.3 is 41.2 Å². The van der Waals surface area contributed by atoms with Crippen LogP contribution in [0.3, 0.4) is 0 Å². The summed E-state index contributed by atoms with van der Waals surface area (Å²) in [5.74, 6) is -1.41. The molecule has 5 amide bonds. The van der Waals surface area contributed by atoms with E-state index in [0.29, 0.717) is 25.1 Å². The van der Waals surface area contributed by atoms with Crippen LogP contribution in [0.5, 0.6) is 0 Å². The van der Waals surface area contributed by atoms with Crippen LogP contribution in [0, 0.1) is 23.7 Å². The molecule has 0 radical (unpaired) electrons. The lowest BCUT2D eigenvalue weighted by molar-refractivity contribution is -0.132. The number of nitrogens with one attached hydrogen (secondary N) is 5. The lowest BCUT2D eigenvalue weighted by Gasteiger charge is -2.29. The molecule has 1 aromatic carbocycles. The lowest BCUT2D eigenvalue weighted by Crippen LogP contribution is -2.54. The number of carbonyl (C=O) groups is 5. The van der Waals surface area contributed by atoms with Crippen molar-refractivity contribution in [1.29, 1.82) is 0 Å². The Hall–Kier alpha value is -3.52. The highest BCUT2D eigenvalue weighted by atomic mass is 32.2. The molecule has 52 heavy (non-hydrogen) atoms. The molecular weight excluding hydrogens is 687 g/mol. The Balaban J connectivity index is 2.86. The minimum atomic E-state index is -1.09. The summed E-state index contributed by atoms with van der Waals surface area (Å²) >= 11 is 1.58. The number of carbonyl (C=O) groups excluding carboxylic acids is 5. The van der Waals surface area contributed by atoms with Gasteiger partial charge in [0.25, 0.3) is 0 Å². The molecule has 0 aliphatic rings. The highest BCUT2D eigenvalue weighted by molar-refractivity contribution is 7.98. The Bertz CT molecular complexity index is 1260. The zero-order valence-electron chi connectivity index (χ0n) is 33.0. The summed E-state index contributed by atoms with van der Waals surface area (Å²) in [6, 6.07) is 6.59. The predicted octanol–water partition coefficient (Wildman–Crippen LogP) is 4.76. The fourth-order valence-electron chi connectivity index (χ4n) is 5.27. The molecule has 0 fully saturated rings. The molecule has 6 atom stereocenters. The van der Waals surface area contributed by atoms with E-state index in [9.17, 15) is 29.1 Å². The van der Waals surface area contributed by atoms with Crippen molar-refractivity contribution in [2.45, 2.75) is 131 Å². The first-order valence-electron chi connectivity index (χ1n) is 18.3. The average Bonchev–Trinajstić information content (AvgIpc) is 3.04. The minimum absolute atomic E-state index is 0.0353. The zero-order chi connectivity index (χ0) is 39.6. The molecule has 296 valence electrons. The third-order valence-electron chi connectivity index (χ3n) is 8.15. The fourth-order valence-corrected chi connectivity index (χ4v) is 5.79. The van der Waals surface area contributed by atoms with E-state index in [4.69, 9.17) is 9.47 Å². The van der Waals surface area contributed by atoms with Crippen LogP contribution in [0.15, 0.2) is 30.3 Å². The molecular formula is C38H65N5O8S. The highest BCUT2D eigenvalue weighted by Gasteiger charge is 2.32. The van der Waals surface area contributed by atoms with Gasteiger partial charge in [-0.25, -0.2) is 9.59 Å². The SMILES string of the molecule is CSCC[C@@H](COC(=O)N[C@@H](CC(C)C)[C@@H](O)C[C@@H](C)C(=O)N[C@H](C(=O)NCc1ccccc1)C(C)C)NC(=O)[C@@H](NC(=O)OC(C)(C)C)C(C)C. The van der Waals surface area contributed by atoms with Gasteiger partial charge in [0.2, 0.25) is 17.7 Å². The molecule has 0 bridgehead atoms. The molecule has 0 unspecified atom stereocenters. The van der Waals surface area contributed by atoms with Gasteiger partial charge in [-0.3, -0.25) is 14.4 Å². The Labute approximate surface area is 315 Å². The summed E-state index contributed by atoms with van der Waals surface area (Å²) in [5.41, 5.74) is 0.212. The predicted molar refractivity (Wildman–Crippen MR) is 205 cm³/mol. The summed E-state index contributed by atoms with van der Waals surface area (Å²) in [5, 5.41) is 25.2. The van der Waals surface area contributed by atoms with Crippen LogP contribution in [0.2, 0.25) is 0 Å². The van der Waals surface area contributed by atoms with Gasteiger partial charge in [-0.15, -0.1) is 0 Å². The van der Waals surface area contributed by atoms with Crippen LogP contribution in [0.1, 0.15) is 94.1 Å². The van der Waals surface area contributed by atoms with Crippen LogP contribution < -0.4 is 26.6 Å². The number of hydrogen-bond donors (Lipinski definition) is 6. The van der Waals surface area contributed by atoms with Gasteiger partial charge in [0.05, 0.1) is 18.2 Å². The van der Waals surface area contributed by atoms with Crippen molar-refractivity contribution in [2.75, 3.05) is 18.6 Å². The quantitative estimate of drug-likeness (QED) is 0.103. The standard InChI is InChI=1S/C38H65N5O8S/c1-23(2)19-29(30(44)20-26(7)33(45)42-31(24(3)4)34(46)39-21-27-15-13-12-14-16-27)41-36(48)50-22-28(17-18-52-11)40-35(47)32(25(5)6)43-37(49)51-38(8,9)10/h12-16,23-26,28-32,44H,17-22H2,1-11H3,(H,39,46)(H,40,47)(H,41,48)(H,42,45)(H,43,49)/t26-,28+,29+,30+,31+,32+/m1/s1. The molecule has 0 aromatic heterocycles. The second kappa shape index (κ2) is 23.2. The van der Waals surface area contributed by atoms with E-state index in [1.807, 2.05) is 64.3 Å². The Kier molecular flexibility index (Phi) is 20.8. The summed E-state index contributed by atoms with van der Waals surface area (Å²) < 4.78 is 10.9. The van der Waals surface area contributed by atoms with E-state index in [-0.39, 0.29) is 42.6 Å². The number of alkyl carbamates (subject to hydrolysis) is 2. The largest absolute Gasteiger partial charge is 0.447 e. The van der Waals surface area contributed by atoms with Crippen LogP contribution in [-0.2, 0) is 30.4 Å². The molecule has 6 N–H and O–H groups in total. The van der Waals surface area contributed by atoms with Gasteiger partial charge in [0, 0.05) is 12.5 Å². The molecule has 14 heteroatoms. The molecule has 0 saturated heterocycles. The van der Waals surface area contributed by atoms with E-state index in [2.05, 4.69) is 26.6 Å². The number of thioether (sulfide) groups is 1. The maximum atomic E-state index is 13.3. The van der Waals surface area contributed by atoms with Crippen LogP contribution in [0.25, 0.3) is 0 Å². The first-order chi connectivity index (χ1) is 24.2. The molecule has 0 spiro atoms.